The lowest BCUT2D eigenvalue weighted by atomic mass is 9.98. The molecule has 1 fully saturated rings. The Kier molecular flexibility index (Phi) is 3.78. The van der Waals surface area contributed by atoms with Crippen LogP contribution in [0, 0.1) is 6.92 Å². The molecule has 0 radical (unpaired) electrons. The van der Waals surface area contributed by atoms with Crippen molar-refractivity contribution >= 4 is 22.9 Å². The summed E-state index contributed by atoms with van der Waals surface area (Å²) in [5.41, 5.74) is 8.21. The summed E-state index contributed by atoms with van der Waals surface area (Å²) in [6, 6.07) is 7.76. The van der Waals surface area contributed by atoms with Crippen molar-refractivity contribution in [3.8, 4) is 11.3 Å². The molecule has 1 aromatic carbocycles. The van der Waals surface area contributed by atoms with E-state index in [1.165, 1.54) is 0 Å². The van der Waals surface area contributed by atoms with Crippen LogP contribution in [0.15, 0.2) is 29.6 Å². The van der Waals surface area contributed by atoms with Crippen LogP contribution in [0.3, 0.4) is 0 Å². The lowest BCUT2D eigenvalue weighted by Crippen LogP contribution is -2.48. The van der Waals surface area contributed by atoms with E-state index in [9.17, 15) is 4.79 Å². The lowest BCUT2D eigenvalue weighted by molar-refractivity contribution is -0.121. The molecule has 0 spiro atoms. The van der Waals surface area contributed by atoms with Crippen molar-refractivity contribution in [2.45, 2.75) is 38.1 Å². The fourth-order valence-electron chi connectivity index (χ4n) is 2.74. The molecular formula is C16H19N3OS. The quantitative estimate of drug-likeness (QED) is 0.913. The predicted molar refractivity (Wildman–Crippen MR) is 86.3 cm³/mol. The summed E-state index contributed by atoms with van der Waals surface area (Å²) in [5.74, 6) is -0.0772. The van der Waals surface area contributed by atoms with Gasteiger partial charge in [0.2, 0.25) is 5.91 Å². The lowest BCUT2D eigenvalue weighted by Gasteiger charge is -2.22. The van der Waals surface area contributed by atoms with Gasteiger partial charge in [-0.3, -0.25) is 4.79 Å². The third-order valence-corrected chi connectivity index (χ3v) is 4.76. The van der Waals surface area contributed by atoms with E-state index >= 15 is 0 Å². The van der Waals surface area contributed by atoms with Crippen LogP contribution in [-0.4, -0.2) is 16.4 Å². The van der Waals surface area contributed by atoms with E-state index in [-0.39, 0.29) is 5.91 Å². The smallest absolute Gasteiger partial charge is 0.244 e. The summed E-state index contributed by atoms with van der Waals surface area (Å²) < 4.78 is 0. The van der Waals surface area contributed by atoms with E-state index in [4.69, 9.17) is 5.73 Å². The Morgan fingerprint density at radius 1 is 1.38 bits per heavy atom. The summed E-state index contributed by atoms with van der Waals surface area (Å²) >= 11 is 1.62. The topological polar surface area (TPSA) is 68.0 Å². The number of anilines is 1. The molecule has 1 amide bonds. The van der Waals surface area contributed by atoms with Crippen molar-refractivity contribution in [3.63, 3.8) is 0 Å². The molecule has 1 aromatic heterocycles. The van der Waals surface area contributed by atoms with Crippen LogP contribution in [0.25, 0.3) is 11.3 Å². The minimum atomic E-state index is -0.701. The monoisotopic (exact) mass is 301 g/mol. The van der Waals surface area contributed by atoms with Gasteiger partial charge in [0, 0.05) is 16.6 Å². The Bertz CT molecular complexity index is 659. The first-order valence-corrected chi connectivity index (χ1v) is 8.08. The standard InChI is InChI=1S/C16H19N3OS/c1-11-18-14(10-21-11)12-5-4-6-13(9-12)19-15(20)16(17)7-2-3-8-16/h4-6,9-10H,2-3,7-8,17H2,1H3,(H,19,20). The molecule has 5 heteroatoms. The molecular weight excluding hydrogens is 282 g/mol. The van der Waals surface area contributed by atoms with Crippen molar-refractivity contribution in [1.29, 1.82) is 0 Å². The Morgan fingerprint density at radius 3 is 2.81 bits per heavy atom. The number of nitrogens with zero attached hydrogens (tertiary/aromatic N) is 1. The van der Waals surface area contributed by atoms with E-state index < -0.39 is 5.54 Å². The zero-order chi connectivity index (χ0) is 14.9. The number of rotatable bonds is 3. The summed E-state index contributed by atoms with van der Waals surface area (Å²) in [6.45, 7) is 1.98. The number of carbonyl (C=O) groups is 1. The molecule has 21 heavy (non-hydrogen) atoms. The zero-order valence-corrected chi connectivity index (χ0v) is 12.9. The number of hydrogen-bond donors (Lipinski definition) is 2. The molecule has 0 saturated heterocycles. The highest BCUT2D eigenvalue weighted by Gasteiger charge is 2.36. The first-order chi connectivity index (χ1) is 10.1. The van der Waals surface area contributed by atoms with Crippen molar-refractivity contribution in [2.24, 2.45) is 5.73 Å². The average Bonchev–Trinajstić information content (AvgIpc) is 3.09. The number of aryl methyl sites for hydroxylation is 1. The Labute approximate surface area is 128 Å². The normalized spacial score (nSPS) is 16.9. The number of thiazole rings is 1. The van der Waals surface area contributed by atoms with E-state index in [2.05, 4.69) is 10.3 Å². The predicted octanol–water partition coefficient (Wildman–Crippen LogP) is 3.33. The molecule has 1 saturated carbocycles. The number of nitrogens with two attached hydrogens (primary N) is 1. The second kappa shape index (κ2) is 5.58. The number of hydrogen-bond acceptors (Lipinski definition) is 4. The van der Waals surface area contributed by atoms with E-state index in [1.807, 2.05) is 36.6 Å². The van der Waals surface area contributed by atoms with E-state index in [1.54, 1.807) is 11.3 Å². The number of carbonyl (C=O) groups excluding carboxylic acids is 1. The van der Waals surface area contributed by atoms with Gasteiger partial charge < -0.3 is 11.1 Å². The minimum Gasteiger partial charge on any atom is -0.324 e. The number of amides is 1. The Balaban J connectivity index is 1.79. The van der Waals surface area contributed by atoms with E-state index in [0.717, 1.165) is 47.6 Å². The largest absolute Gasteiger partial charge is 0.324 e. The highest BCUT2D eigenvalue weighted by Crippen LogP contribution is 2.29. The number of nitrogens with one attached hydrogen (secondary N) is 1. The summed E-state index contributed by atoms with van der Waals surface area (Å²) in [6.07, 6.45) is 3.59. The van der Waals surface area contributed by atoms with Gasteiger partial charge in [0.1, 0.15) is 0 Å². The fraction of sp³-hybridized carbons (Fsp3) is 0.375. The number of benzene rings is 1. The Hall–Kier alpha value is -1.72. The van der Waals surface area contributed by atoms with Gasteiger partial charge in [-0.2, -0.15) is 0 Å². The summed E-state index contributed by atoms with van der Waals surface area (Å²) in [4.78, 5) is 16.8. The first kappa shape index (κ1) is 14.2. The molecule has 0 aliphatic heterocycles. The molecule has 0 bridgehead atoms. The maximum Gasteiger partial charge on any atom is 0.244 e. The van der Waals surface area contributed by atoms with Gasteiger partial charge in [-0.25, -0.2) is 4.98 Å². The van der Waals surface area contributed by atoms with Gasteiger partial charge >= 0.3 is 0 Å². The molecule has 0 unspecified atom stereocenters. The highest BCUT2D eigenvalue weighted by molar-refractivity contribution is 7.09. The second-order valence-corrected chi connectivity index (χ2v) is 6.71. The average molecular weight is 301 g/mol. The van der Waals surface area contributed by atoms with Crippen LogP contribution >= 0.6 is 11.3 Å². The zero-order valence-electron chi connectivity index (χ0n) is 12.1. The first-order valence-electron chi connectivity index (χ1n) is 7.20. The highest BCUT2D eigenvalue weighted by atomic mass is 32.1. The van der Waals surface area contributed by atoms with Crippen molar-refractivity contribution in [2.75, 3.05) is 5.32 Å². The molecule has 2 aromatic rings. The van der Waals surface area contributed by atoms with Gasteiger partial charge in [-0.05, 0) is 31.9 Å². The molecule has 110 valence electrons. The third-order valence-electron chi connectivity index (χ3n) is 3.98. The van der Waals surface area contributed by atoms with Gasteiger partial charge in [0.25, 0.3) is 0 Å². The molecule has 1 aliphatic carbocycles. The van der Waals surface area contributed by atoms with Gasteiger partial charge in [-0.1, -0.05) is 25.0 Å². The van der Waals surface area contributed by atoms with Gasteiger partial charge in [-0.15, -0.1) is 11.3 Å². The second-order valence-electron chi connectivity index (χ2n) is 5.65. The van der Waals surface area contributed by atoms with Crippen molar-refractivity contribution in [1.82, 2.24) is 4.98 Å². The minimum absolute atomic E-state index is 0.0772. The van der Waals surface area contributed by atoms with Crippen LogP contribution < -0.4 is 11.1 Å². The molecule has 3 N–H and O–H groups in total. The number of aromatic nitrogens is 1. The molecule has 4 nitrogen and oxygen atoms in total. The maximum atomic E-state index is 12.3. The molecule has 1 aliphatic rings. The van der Waals surface area contributed by atoms with Crippen LogP contribution in [0.5, 0.6) is 0 Å². The van der Waals surface area contributed by atoms with Gasteiger partial charge in [0.05, 0.1) is 16.2 Å². The maximum absolute atomic E-state index is 12.3. The van der Waals surface area contributed by atoms with Crippen LogP contribution in [0.1, 0.15) is 30.7 Å². The fourth-order valence-corrected chi connectivity index (χ4v) is 3.36. The molecule has 3 rings (SSSR count). The summed E-state index contributed by atoms with van der Waals surface area (Å²) in [5, 5.41) is 6.01. The summed E-state index contributed by atoms with van der Waals surface area (Å²) in [7, 11) is 0. The van der Waals surface area contributed by atoms with Crippen molar-refractivity contribution < 1.29 is 4.79 Å². The third kappa shape index (κ3) is 2.99. The van der Waals surface area contributed by atoms with Crippen LogP contribution in [0.4, 0.5) is 5.69 Å². The molecule has 0 atom stereocenters. The SMILES string of the molecule is Cc1nc(-c2cccc(NC(=O)C3(N)CCCC3)c2)cs1. The van der Waals surface area contributed by atoms with Crippen LogP contribution in [0.2, 0.25) is 0 Å². The van der Waals surface area contributed by atoms with Crippen molar-refractivity contribution in [3.05, 3.63) is 34.7 Å². The van der Waals surface area contributed by atoms with E-state index in [0.29, 0.717) is 0 Å². The van der Waals surface area contributed by atoms with Crippen LogP contribution in [-0.2, 0) is 4.79 Å². The molecule has 1 heterocycles. The van der Waals surface area contributed by atoms with Gasteiger partial charge in [0.15, 0.2) is 0 Å². The Morgan fingerprint density at radius 2 is 2.14 bits per heavy atom.